The van der Waals surface area contributed by atoms with Gasteiger partial charge in [0.05, 0.1) is 19.8 Å². The first-order valence-electron chi connectivity index (χ1n) is 4.92. The molecule has 2 aromatic rings. The second-order valence-electron chi connectivity index (χ2n) is 3.57. The van der Waals surface area contributed by atoms with Gasteiger partial charge in [0.1, 0.15) is 11.5 Å². The Bertz CT molecular complexity index is 602. The Hall–Kier alpha value is 0.550. The number of phenolic OH excluding ortho intramolecular Hbond substituents is 2. The maximum absolute atomic E-state index is 9.85. The Morgan fingerprint density at radius 1 is 0.750 bits per heavy atom. The molecule has 0 aromatic heterocycles. The van der Waals surface area contributed by atoms with Crippen LogP contribution in [0.4, 0.5) is 0 Å². The first-order valence-corrected chi connectivity index (χ1v) is 7.25. The van der Waals surface area contributed by atoms with Gasteiger partial charge in [-0.1, -0.05) is 58.2 Å². The van der Waals surface area contributed by atoms with Crippen molar-refractivity contribution in [3.8, 4) is 11.5 Å². The maximum atomic E-state index is 9.85. The second kappa shape index (κ2) is 7.70. The van der Waals surface area contributed by atoms with Gasteiger partial charge in [-0.25, -0.2) is 0 Å². The van der Waals surface area contributed by atoms with E-state index in [2.05, 4.69) is 0 Å². The predicted molar refractivity (Wildman–Crippen MR) is 81.5 cm³/mol. The van der Waals surface area contributed by atoms with Crippen molar-refractivity contribution < 1.29 is 41.2 Å². The zero-order valence-electron chi connectivity index (χ0n) is 11.1. The van der Waals surface area contributed by atoms with Crippen molar-refractivity contribution in [3.63, 3.8) is 0 Å². The molecule has 102 valence electrons. The van der Waals surface area contributed by atoms with Gasteiger partial charge in [0.25, 0.3) is 0 Å². The number of aromatic hydroxyl groups is 2. The predicted octanol–water partition coefficient (Wildman–Crippen LogP) is 2.98. The van der Waals surface area contributed by atoms with Crippen molar-refractivity contribution >= 4 is 58.2 Å². The molecule has 0 aliphatic carbocycles. The summed E-state index contributed by atoms with van der Waals surface area (Å²) >= 11 is 24.4. The number of hydrogen-bond acceptors (Lipinski definition) is 3. The quantitative estimate of drug-likeness (QED) is 0.788. The molecular formula is C12H7Cl4NaO2S. The summed E-state index contributed by atoms with van der Waals surface area (Å²) in [4.78, 5) is 0.789. The molecule has 0 unspecified atom stereocenters. The van der Waals surface area contributed by atoms with E-state index in [-0.39, 0.29) is 52.5 Å². The zero-order valence-corrected chi connectivity index (χ0v) is 16.0. The van der Waals surface area contributed by atoms with Crippen LogP contribution >= 0.6 is 58.2 Å². The van der Waals surface area contributed by atoms with Gasteiger partial charge < -0.3 is 11.6 Å². The normalized spacial score (nSPS) is 10.2. The zero-order chi connectivity index (χ0) is 14.2. The van der Waals surface area contributed by atoms with Crippen molar-refractivity contribution in [1.82, 2.24) is 0 Å². The first kappa shape index (κ1) is 18.6. The van der Waals surface area contributed by atoms with Gasteiger partial charge in [-0.15, -0.1) is 0 Å². The third-order valence-electron chi connectivity index (χ3n) is 2.21. The molecule has 0 radical (unpaired) electrons. The average Bonchev–Trinajstić information content (AvgIpc) is 2.31. The smallest absolute Gasteiger partial charge is 1.00 e. The molecule has 8 heteroatoms. The van der Waals surface area contributed by atoms with Gasteiger partial charge in [-0.3, -0.25) is 0 Å². The van der Waals surface area contributed by atoms with Gasteiger partial charge in [-0.2, -0.15) is 0 Å². The van der Waals surface area contributed by atoms with Gasteiger partial charge in [0.2, 0.25) is 0 Å². The Morgan fingerprint density at radius 2 is 1.10 bits per heavy atom. The Labute approximate surface area is 163 Å². The Balaban J connectivity index is 0.00000200. The topological polar surface area (TPSA) is 40.5 Å². The van der Waals surface area contributed by atoms with Crippen LogP contribution in [0.15, 0.2) is 34.1 Å². The van der Waals surface area contributed by atoms with E-state index in [0.29, 0.717) is 19.8 Å². The number of rotatable bonds is 2. The minimum absolute atomic E-state index is 0. The van der Waals surface area contributed by atoms with Crippen molar-refractivity contribution in [2.45, 2.75) is 9.79 Å². The first-order chi connectivity index (χ1) is 8.88. The van der Waals surface area contributed by atoms with Crippen LogP contribution < -0.4 is 29.6 Å². The summed E-state index contributed by atoms with van der Waals surface area (Å²) in [6.07, 6.45) is 0. The van der Waals surface area contributed by atoms with Crippen LogP contribution in [0.3, 0.4) is 0 Å². The van der Waals surface area contributed by atoms with E-state index in [9.17, 15) is 10.2 Å². The molecule has 2 nitrogen and oxygen atoms in total. The van der Waals surface area contributed by atoms with E-state index in [1.54, 1.807) is 0 Å². The average molecular weight is 380 g/mol. The molecule has 0 spiro atoms. The molecule has 0 fully saturated rings. The van der Waals surface area contributed by atoms with E-state index >= 15 is 0 Å². The number of phenols is 2. The molecule has 0 saturated heterocycles. The van der Waals surface area contributed by atoms with Gasteiger partial charge in [0, 0.05) is 10.0 Å². The standard InChI is InChI=1S/C12H6Cl4O2S.Na.H/c13-5-1-7(15)11(17)9(3-5)19-10-4-6(14)2-8(16)12(10)18;;/h1-4,17-18H;;/q;+1;-1. The molecule has 2 N–H and O–H groups in total. The van der Waals surface area contributed by atoms with Crippen LogP contribution in [-0.2, 0) is 0 Å². The van der Waals surface area contributed by atoms with Crippen molar-refractivity contribution in [1.29, 1.82) is 0 Å². The molecule has 20 heavy (non-hydrogen) atoms. The minimum atomic E-state index is -0.119. The number of halogens is 4. The number of hydrogen-bond donors (Lipinski definition) is 2. The van der Waals surface area contributed by atoms with Crippen LogP contribution in [0.25, 0.3) is 0 Å². The van der Waals surface area contributed by atoms with Gasteiger partial charge in [0.15, 0.2) is 0 Å². The van der Waals surface area contributed by atoms with Crippen LogP contribution in [0.2, 0.25) is 20.1 Å². The molecule has 0 amide bonds. The molecule has 0 atom stereocenters. The fraction of sp³-hybridized carbons (Fsp3) is 0. The Kier molecular flexibility index (Phi) is 7.16. The summed E-state index contributed by atoms with van der Waals surface area (Å²) in [5.74, 6) is -0.238. The Morgan fingerprint density at radius 3 is 1.45 bits per heavy atom. The SMILES string of the molecule is Oc1c(Cl)cc(Cl)cc1Sc1cc(Cl)cc(Cl)c1O.[H-].[Na+]. The second-order valence-corrected chi connectivity index (χ2v) is 6.34. The summed E-state index contributed by atoms with van der Waals surface area (Å²) in [6, 6.07) is 5.91. The van der Waals surface area contributed by atoms with Crippen LogP contribution in [0.5, 0.6) is 11.5 Å². The van der Waals surface area contributed by atoms with Gasteiger partial charge >= 0.3 is 29.6 Å². The minimum Gasteiger partial charge on any atom is -1.00 e. The third-order valence-corrected chi connectivity index (χ3v) is 4.28. The van der Waals surface area contributed by atoms with E-state index < -0.39 is 0 Å². The van der Waals surface area contributed by atoms with Gasteiger partial charge in [-0.05, 0) is 24.3 Å². The van der Waals surface area contributed by atoms with E-state index in [1.807, 2.05) is 0 Å². The molecule has 0 heterocycles. The molecule has 0 aliphatic heterocycles. The maximum Gasteiger partial charge on any atom is 1.00 e. The summed E-state index contributed by atoms with van der Waals surface area (Å²) < 4.78 is 0. The van der Waals surface area contributed by atoms with Crippen molar-refractivity contribution in [2.75, 3.05) is 0 Å². The van der Waals surface area contributed by atoms with Crippen molar-refractivity contribution in [3.05, 3.63) is 44.4 Å². The fourth-order valence-electron chi connectivity index (χ4n) is 1.36. The molecule has 2 aromatic carbocycles. The summed E-state index contributed by atoms with van der Waals surface area (Å²) in [5.41, 5.74) is 0. The largest absolute Gasteiger partial charge is 1.00 e. The van der Waals surface area contributed by atoms with E-state index in [0.717, 1.165) is 11.8 Å². The summed E-state index contributed by atoms with van der Waals surface area (Å²) in [5, 5.41) is 20.7. The van der Waals surface area contributed by atoms with Crippen molar-refractivity contribution in [2.24, 2.45) is 0 Å². The van der Waals surface area contributed by atoms with Crippen LogP contribution in [0, 0.1) is 0 Å². The molecule has 0 saturated carbocycles. The van der Waals surface area contributed by atoms with Crippen LogP contribution in [0.1, 0.15) is 1.43 Å². The summed E-state index contributed by atoms with van der Waals surface area (Å²) in [7, 11) is 0. The molecule has 2 rings (SSSR count). The van der Waals surface area contributed by atoms with Crippen LogP contribution in [-0.4, -0.2) is 10.2 Å². The number of benzene rings is 2. The molecular weight excluding hydrogens is 373 g/mol. The monoisotopic (exact) mass is 378 g/mol. The molecule has 0 aliphatic rings. The third kappa shape index (κ3) is 4.28. The summed E-state index contributed by atoms with van der Waals surface area (Å²) in [6.45, 7) is 0. The fourth-order valence-corrected chi connectivity index (χ4v) is 3.61. The van der Waals surface area contributed by atoms with E-state index in [1.165, 1.54) is 24.3 Å². The molecule has 0 bridgehead atoms. The van der Waals surface area contributed by atoms with E-state index in [4.69, 9.17) is 46.4 Å².